The van der Waals surface area contributed by atoms with E-state index in [0.29, 0.717) is 55.3 Å². The van der Waals surface area contributed by atoms with Crippen LogP contribution >= 0.6 is 0 Å². The van der Waals surface area contributed by atoms with Crippen molar-refractivity contribution in [3.63, 3.8) is 0 Å². The number of anilines is 2. The number of imidazole rings is 1. The third-order valence-corrected chi connectivity index (χ3v) is 11.1. The van der Waals surface area contributed by atoms with E-state index in [1.165, 1.54) is 36.0 Å². The van der Waals surface area contributed by atoms with Gasteiger partial charge in [-0.2, -0.15) is 13.2 Å². The van der Waals surface area contributed by atoms with Crippen molar-refractivity contribution < 1.29 is 36.4 Å². The van der Waals surface area contributed by atoms with E-state index in [4.69, 9.17) is 0 Å². The number of rotatable bonds is 10. The molecule has 2 aromatic heterocycles. The van der Waals surface area contributed by atoms with Gasteiger partial charge in [0.15, 0.2) is 23.0 Å². The highest BCUT2D eigenvalue weighted by atomic mass is 19.3. The van der Waals surface area contributed by atoms with E-state index in [-0.39, 0.29) is 29.0 Å². The van der Waals surface area contributed by atoms with E-state index in [0.717, 1.165) is 67.1 Å². The van der Waals surface area contributed by atoms with Gasteiger partial charge in [-0.25, -0.2) is 14.4 Å². The number of piperidine rings is 1. The maximum absolute atomic E-state index is 15.0. The molecule has 0 saturated carbocycles. The quantitative estimate of drug-likeness (QED) is 0.168. The Kier molecular flexibility index (Phi) is 10.6. The fourth-order valence-corrected chi connectivity index (χ4v) is 8.11. The largest absolute Gasteiger partial charge is 0.432 e. The highest BCUT2D eigenvalue weighted by Crippen LogP contribution is 2.33. The predicted octanol–water partition coefficient (Wildman–Crippen LogP) is 5.33. The molecule has 3 aliphatic rings. The number of likely N-dealkylation sites (tertiary alicyclic amines) is 1. The van der Waals surface area contributed by atoms with Crippen LogP contribution in [0.3, 0.4) is 0 Å². The van der Waals surface area contributed by atoms with E-state index >= 15 is 0 Å². The minimum atomic E-state index is -3.30. The maximum Gasteiger partial charge on any atom is 0.387 e. The van der Waals surface area contributed by atoms with Crippen molar-refractivity contribution >= 4 is 29.0 Å². The number of hydrogen-bond donors (Lipinski definition) is 2. The average molecular weight is 738 g/mol. The molecule has 0 aliphatic carbocycles. The zero-order valence-electron chi connectivity index (χ0n) is 30.0. The van der Waals surface area contributed by atoms with Gasteiger partial charge in [0.2, 0.25) is 11.7 Å². The summed E-state index contributed by atoms with van der Waals surface area (Å²) in [5, 5.41) is 6.69. The number of carbonyl (C=O) groups excluding carboxylic acids is 2. The number of ether oxygens (including phenoxy) is 1. The average Bonchev–Trinajstić information content (AvgIpc) is 3.84. The summed E-state index contributed by atoms with van der Waals surface area (Å²) in [4.78, 5) is 39.8. The van der Waals surface area contributed by atoms with E-state index in [2.05, 4.69) is 32.4 Å². The Morgan fingerprint density at radius 1 is 1.02 bits per heavy atom. The smallest absolute Gasteiger partial charge is 0.387 e. The minimum absolute atomic E-state index is 0.0525. The first kappa shape index (κ1) is 36.6. The van der Waals surface area contributed by atoms with E-state index in [1.54, 1.807) is 12.1 Å². The second kappa shape index (κ2) is 15.3. The van der Waals surface area contributed by atoms with Gasteiger partial charge < -0.3 is 29.7 Å². The van der Waals surface area contributed by atoms with Crippen molar-refractivity contribution in [3.8, 4) is 17.0 Å². The molecule has 4 aromatic rings. The van der Waals surface area contributed by atoms with Gasteiger partial charge >= 0.3 is 6.61 Å². The molecule has 3 aliphatic heterocycles. The molecule has 3 saturated heterocycles. The van der Waals surface area contributed by atoms with Crippen LogP contribution < -0.4 is 15.4 Å². The third-order valence-electron chi connectivity index (χ3n) is 11.1. The highest BCUT2D eigenvalue weighted by molar-refractivity contribution is 5.96. The summed E-state index contributed by atoms with van der Waals surface area (Å²) in [7, 11) is 2.33. The van der Waals surface area contributed by atoms with Crippen LogP contribution in [-0.2, 0) is 11.2 Å². The van der Waals surface area contributed by atoms with Crippen molar-refractivity contribution in [2.45, 2.75) is 39.2 Å². The van der Waals surface area contributed by atoms with Gasteiger partial charge in [-0.05, 0) is 55.3 Å². The molecule has 0 radical (unpaired) electrons. The SMILES string of the molecule is CCc1cc(Nc2nccn3c(-c4ccc(OC(F)F)c(F)c4F)cnc23)ccc1C(=O)N1CCN(C(=O)C2CC[N+](C)(CC3CCNC3)CC2)CC1. The Hall–Kier alpha value is -4.76. The second-order valence-corrected chi connectivity index (χ2v) is 14.6. The Morgan fingerprint density at radius 2 is 1.77 bits per heavy atom. The van der Waals surface area contributed by atoms with Crippen molar-refractivity contribution in [2.75, 3.05) is 71.3 Å². The van der Waals surface area contributed by atoms with Crippen LogP contribution in [0.15, 0.2) is 48.9 Å². The van der Waals surface area contributed by atoms with Crippen LogP contribution in [0, 0.1) is 23.5 Å². The number of alkyl halides is 2. The summed E-state index contributed by atoms with van der Waals surface area (Å²) in [5.41, 5.74) is 2.35. The number of aromatic nitrogens is 3. The summed E-state index contributed by atoms with van der Waals surface area (Å²) in [6.07, 6.45) is 7.97. The van der Waals surface area contributed by atoms with Crippen LogP contribution in [0.2, 0.25) is 0 Å². The Labute approximate surface area is 305 Å². The normalized spacial score (nSPS) is 22.1. The number of hydrogen-bond acceptors (Lipinski definition) is 7. The molecule has 2 amide bonds. The van der Waals surface area contributed by atoms with Gasteiger partial charge in [-0.15, -0.1) is 0 Å². The summed E-state index contributed by atoms with van der Waals surface area (Å²) in [6.45, 7) is 6.11. The number of quaternary nitrogens is 1. The van der Waals surface area contributed by atoms with Crippen LogP contribution in [0.25, 0.3) is 16.9 Å². The van der Waals surface area contributed by atoms with Crippen LogP contribution in [0.1, 0.15) is 42.1 Å². The first-order chi connectivity index (χ1) is 25.5. The number of aryl methyl sites for hydroxylation is 1. The van der Waals surface area contributed by atoms with Crippen LogP contribution in [-0.4, -0.2) is 113 Å². The van der Waals surface area contributed by atoms with Crippen LogP contribution in [0.4, 0.5) is 29.1 Å². The molecule has 2 aromatic carbocycles. The Balaban J connectivity index is 0.980. The fraction of sp³-hybridized carbons (Fsp3) is 0.474. The van der Waals surface area contributed by atoms with Crippen molar-refractivity contribution in [1.82, 2.24) is 29.5 Å². The van der Waals surface area contributed by atoms with Gasteiger partial charge in [0.25, 0.3) is 5.91 Å². The summed E-state index contributed by atoms with van der Waals surface area (Å²) >= 11 is 0. The number of benzene rings is 2. The minimum Gasteiger partial charge on any atom is -0.432 e. The second-order valence-electron chi connectivity index (χ2n) is 14.6. The molecule has 53 heavy (non-hydrogen) atoms. The summed E-state index contributed by atoms with van der Waals surface area (Å²) in [5.74, 6) is -2.53. The van der Waals surface area contributed by atoms with Gasteiger partial charge in [0.05, 0.1) is 38.6 Å². The molecule has 7 rings (SSSR count). The van der Waals surface area contributed by atoms with Crippen molar-refractivity contribution in [3.05, 3.63) is 71.7 Å². The van der Waals surface area contributed by atoms with Crippen LogP contribution in [0.5, 0.6) is 5.75 Å². The number of nitrogens with zero attached hydrogens (tertiary/aromatic N) is 6. The molecule has 15 heteroatoms. The number of amides is 2. The van der Waals surface area contributed by atoms with Crippen molar-refractivity contribution in [1.29, 1.82) is 0 Å². The molecular formula is C38H45F4N8O3+. The first-order valence-electron chi connectivity index (χ1n) is 18.3. The number of carbonyl (C=O) groups is 2. The molecule has 282 valence electrons. The molecule has 0 bridgehead atoms. The topological polar surface area (TPSA) is 104 Å². The fourth-order valence-electron chi connectivity index (χ4n) is 8.11. The number of piperazine rings is 1. The molecule has 1 unspecified atom stereocenters. The van der Waals surface area contributed by atoms with Gasteiger partial charge in [0, 0.05) is 86.6 Å². The van der Waals surface area contributed by atoms with Gasteiger partial charge in [0.1, 0.15) is 0 Å². The number of nitrogens with one attached hydrogen (secondary N) is 2. The predicted molar refractivity (Wildman–Crippen MR) is 191 cm³/mol. The number of halogens is 4. The Bertz CT molecular complexity index is 1970. The lowest BCUT2D eigenvalue weighted by atomic mass is 9.92. The Morgan fingerprint density at radius 3 is 2.47 bits per heavy atom. The third kappa shape index (κ3) is 7.67. The highest BCUT2D eigenvalue weighted by Gasteiger charge is 2.38. The number of fused-ring (bicyclic) bond motifs is 1. The first-order valence-corrected chi connectivity index (χ1v) is 18.3. The molecule has 11 nitrogen and oxygen atoms in total. The van der Waals surface area contributed by atoms with Gasteiger partial charge in [-0.3, -0.25) is 14.0 Å². The van der Waals surface area contributed by atoms with E-state index in [9.17, 15) is 27.2 Å². The molecule has 2 N–H and O–H groups in total. The summed E-state index contributed by atoms with van der Waals surface area (Å²) < 4.78 is 61.3. The molecule has 3 fully saturated rings. The lowest BCUT2D eigenvalue weighted by molar-refractivity contribution is -0.917. The molecule has 0 spiro atoms. The molecule has 5 heterocycles. The monoisotopic (exact) mass is 737 g/mol. The lowest BCUT2D eigenvalue weighted by Gasteiger charge is -2.43. The van der Waals surface area contributed by atoms with Crippen molar-refractivity contribution in [2.24, 2.45) is 11.8 Å². The zero-order chi connectivity index (χ0) is 37.3. The van der Waals surface area contributed by atoms with E-state index in [1.807, 2.05) is 22.8 Å². The summed E-state index contributed by atoms with van der Waals surface area (Å²) in [6, 6.07) is 7.51. The standard InChI is InChI=1S/C38H44F4N8O3/c1-3-25-20-27(46-34-35-45-22-30(49(35)13-12-44-34)29-6-7-31(53-38(41)42)33(40)32(29)39)4-5-28(25)37(52)48-16-14-47(15-17-48)36(51)26-9-18-50(2,19-10-26)23-24-8-11-43-21-24/h4-7,12-13,20,22,24,26,38,43H,3,8-11,14-19,21,23H2,1-2H3/p+1. The zero-order valence-corrected chi connectivity index (χ0v) is 30.0. The molecular weight excluding hydrogens is 692 g/mol. The molecule has 1 atom stereocenters. The lowest BCUT2D eigenvalue weighted by Crippen LogP contribution is -2.56. The van der Waals surface area contributed by atoms with E-state index < -0.39 is 24.0 Å². The maximum atomic E-state index is 15.0. The van der Waals surface area contributed by atoms with Gasteiger partial charge in [-0.1, -0.05) is 6.92 Å².